The smallest absolute Gasteiger partial charge is 0.159 e. The fraction of sp³-hybridized carbons (Fsp3) is 0.588. The topological polar surface area (TPSA) is 35.5 Å². The minimum absolute atomic E-state index is 0.0696. The van der Waals surface area contributed by atoms with Crippen molar-refractivity contribution in [3.63, 3.8) is 0 Å². The predicted octanol–water partition coefficient (Wildman–Crippen LogP) is 3.99. The molecule has 2 unspecified atom stereocenters. The van der Waals surface area contributed by atoms with Crippen molar-refractivity contribution >= 4 is 5.78 Å². The standard InChI is InChI=1S/C17H24O3/c1-12-5-4-6-16(9-12)20-11-15-10-14(13(2)18)7-8-17(15)19-3/h7-8,10,12,16H,4-6,9,11H2,1-3H3. The van der Waals surface area contributed by atoms with Crippen molar-refractivity contribution in [2.24, 2.45) is 5.92 Å². The maximum atomic E-state index is 11.5. The molecule has 110 valence electrons. The molecule has 0 bridgehead atoms. The van der Waals surface area contributed by atoms with Gasteiger partial charge in [0.25, 0.3) is 0 Å². The molecule has 1 fully saturated rings. The number of hydrogen-bond donors (Lipinski definition) is 0. The molecule has 0 amide bonds. The second kappa shape index (κ2) is 6.89. The van der Waals surface area contributed by atoms with Gasteiger partial charge in [-0.2, -0.15) is 0 Å². The average molecular weight is 276 g/mol. The number of ether oxygens (including phenoxy) is 2. The Balaban J connectivity index is 2.03. The summed E-state index contributed by atoms with van der Waals surface area (Å²) in [6.45, 7) is 4.38. The maximum absolute atomic E-state index is 11.5. The molecule has 1 aromatic carbocycles. The van der Waals surface area contributed by atoms with Crippen LogP contribution in [0.15, 0.2) is 18.2 Å². The minimum atomic E-state index is 0.0696. The van der Waals surface area contributed by atoms with Gasteiger partial charge in [-0.1, -0.05) is 19.8 Å². The number of benzene rings is 1. The number of rotatable bonds is 5. The third-order valence-electron chi connectivity index (χ3n) is 4.05. The van der Waals surface area contributed by atoms with Gasteiger partial charge in [0.1, 0.15) is 5.75 Å². The van der Waals surface area contributed by atoms with Crippen molar-refractivity contribution in [1.82, 2.24) is 0 Å². The molecule has 0 N–H and O–H groups in total. The quantitative estimate of drug-likeness (QED) is 0.763. The molecule has 20 heavy (non-hydrogen) atoms. The van der Waals surface area contributed by atoms with Crippen molar-refractivity contribution < 1.29 is 14.3 Å². The molecular weight excluding hydrogens is 252 g/mol. The van der Waals surface area contributed by atoms with Crippen LogP contribution in [0.4, 0.5) is 0 Å². The Kier molecular flexibility index (Phi) is 5.18. The Hall–Kier alpha value is -1.35. The highest BCUT2D eigenvalue weighted by Gasteiger charge is 2.20. The van der Waals surface area contributed by atoms with E-state index >= 15 is 0 Å². The number of hydrogen-bond acceptors (Lipinski definition) is 3. The van der Waals surface area contributed by atoms with Gasteiger partial charge in [0.15, 0.2) is 5.78 Å². The first-order valence-electron chi connectivity index (χ1n) is 7.39. The Morgan fingerprint density at radius 3 is 2.80 bits per heavy atom. The molecule has 2 atom stereocenters. The predicted molar refractivity (Wildman–Crippen MR) is 79.2 cm³/mol. The fourth-order valence-corrected chi connectivity index (χ4v) is 2.85. The summed E-state index contributed by atoms with van der Waals surface area (Å²) in [6, 6.07) is 5.53. The van der Waals surface area contributed by atoms with E-state index in [1.165, 1.54) is 12.8 Å². The lowest BCUT2D eigenvalue weighted by Gasteiger charge is -2.27. The van der Waals surface area contributed by atoms with E-state index in [1.54, 1.807) is 20.1 Å². The van der Waals surface area contributed by atoms with E-state index < -0.39 is 0 Å². The number of carbonyl (C=O) groups is 1. The summed E-state index contributed by atoms with van der Waals surface area (Å²) in [7, 11) is 1.65. The normalized spacial score (nSPS) is 22.6. The van der Waals surface area contributed by atoms with E-state index in [1.807, 2.05) is 12.1 Å². The Morgan fingerprint density at radius 1 is 1.35 bits per heavy atom. The number of methoxy groups -OCH3 is 1. The second-order valence-electron chi connectivity index (χ2n) is 5.79. The first kappa shape index (κ1) is 15.0. The van der Waals surface area contributed by atoms with Gasteiger partial charge >= 0.3 is 0 Å². The summed E-state index contributed by atoms with van der Waals surface area (Å²) in [4.78, 5) is 11.5. The molecule has 1 aromatic rings. The highest BCUT2D eigenvalue weighted by Crippen LogP contribution is 2.28. The summed E-state index contributed by atoms with van der Waals surface area (Å²) in [5.74, 6) is 1.61. The van der Waals surface area contributed by atoms with Gasteiger partial charge < -0.3 is 9.47 Å². The zero-order valence-electron chi connectivity index (χ0n) is 12.6. The van der Waals surface area contributed by atoms with E-state index in [0.29, 0.717) is 18.3 Å². The van der Waals surface area contributed by atoms with E-state index in [-0.39, 0.29) is 5.78 Å². The lowest BCUT2D eigenvalue weighted by atomic mass is 9.89. The van der Waals surface area contributed by atoms with Crippen LogP contribution >= 0.6 is 0 Å². The van der Waals surface area contributed by atoms with Crippen molar-refractivity contribution in [3.05, 3.63) is 29.3 Å². The molecule has 0 aliphatic heterocycles. The molecule has 0 aromatic heterocycles. The highest BCUT2D eigenvalue weighted by atomic mass is 16.5. The molecule has 3 heteroatoms. The lowest BCUT2D eigenvalue weighted by molar-refractivity contribution is 0.00394. The van der Waals surface area contributed by atoms with E-state index in [4.69, 9.17) is 9.47 Å². The first-order chi connectivity index (χ1) is 9.60. The third-order valence-corrected chi connectivity index (χ3v) is 4.05. The van der Waals surface area contributed by atoms with Crippen LogP contribution in [-0.4, -0.2) is 19.0 Å². The van der Waals surface area contributed by atoms with Crippen LogP contribution in [0.5, 0.6) is 5.75 Å². The maximum Gasteiger partial charge on any atom is 0.159 e. The zero-order chi connectivity index (χ0) is 14.5. The second-order valence-corrected chi connectivity index (χ2v) is 5.79. The van der Waals surface area contributed by atoms with Crippen LogP contribution in [0.1, 0.15) is 55.5 Å². The lowest BCUT2D eigenvalue weighted by Crippen LogP contribution is -2.21. The molecule has 0 spiro atoms. The molecular formula is C17H24O3. The SMILES string of the molecule is COc1ccc(C(C)=O)cc1COC1CCCC(C)C1. The van der Waals surface area contributed by atoms with Gasteiger partial charge in [0.05, 0.1) is 19.8 Å². The van der Waals surface area contributed by atoms with Crippen LogP contribution in [0.2, 0.25) is 0 Å². The summed E-state index contributed by atoms with van der Waals surface area (Å²) in [5.41, 5.74) is 1.67. The third kappa shape index (κ3) is 3.83. The van der Waals surface area contributed by atoms with Gasteiger partial charge in [0.2, 0.25) is 0 Å². The van der Waals surface area contributed by atoms with Gasteiger partial charge in [0, 0.05) is 11.1 Å². The van der Waals surface area contributed by atoms with Gasteiger partial charge in [-0.25, -0.2) is 0 Å². The minimum Gasteiger partial charge on any atom is -0.496 e. The van der Waals surface area contributed by atoms with Gasteiger partial charge in [-0.3, -0.25) is 4.79 Å². The monoisotopic (exact) mass is 276 g/mol. The van der Waals surface area contributed by atoms with E-state index in [0.717, 1.165) is 30.1 Å². The van der Waals surface area contributed by atoms with E-state index in [9.17, 15) is 4.79 Å². The first-order valence-corrected chi connectivity index (χ1v) is 7.39. The van der Waals surface area contributed by atoms with Crippen LogP contribution in [0.25, 0.3) is 0 Å². The largest absolute Gasteiger partial charge is 0.496 e. The highest BCUT2D eigenvalue weighted by molar-refractivity contribution is 5.94. The summed E-state index contributed by atoms with van der Waals surface area (Å²) in [6.07, 6.45) is 5.16. The van der Waals surface area contributed by atoms with Crippen LogP contribution < -0.4 is 4.74 Å². The van der Waals surface area contributed by atoms with Crippen molar-refractivity contribution in [2.75, 3.05) is 7.11 Å². The molecule has 0 heterocycles. The number of ketones is 1. The van der Waals surface area contributed by atoms with Crippen molar-refractivity contribution in [1.29, 1.82) is 0 Å². The Morgan fingerprint density at radius 2 is 2.15 bits per heavy atom. The van der Waals surface area contributed by atoms with Gasteiger partial charge in [-0.15, -0.1) is 0 Å². The van der Waals surface area contributed by atoms with Crippen molar-refractivity contribution in [2.45, 2.75) is 52.2 Å². The van der Waals surface area contributed by atoms with E-state index in [2.05, 4.69) is 6.92 Å². The molecule has 2 rings (SSSR count). The molecule has 0 radical (unpaired) electrons. The van der Waals surface area contributed by atoms with Crippen molar-refractivity contribution in [3.8, 4) is 5.75 Å². The van der Waals surface area contributed by atoms with Crippen LogP contribution in [0, 0.1) is 5.92 Å². The molecule has 0 saturated heterocycles. The zero-order valence-corrected chi connectivity index (χ0v) is 12.6. The summed E-state index contributed by atoms with van der Waals surface area (Å²) >= 11 is 0. The molecule has 1 aliphatic rings. The average Bonchev–Trinajstić information content (AvgIpc) is 2.44. The number of Topliss-reactive ketones (excluding diaryl/α,β-unsaturated/α-hetero) is 1. The Bertz CT molecular complexity index is 467. The molecule has 1 aliphatic carbocycles. The van der Waals surface area contributed by atoms with Crippen LogP contribution in [-0.2, 0) is 11.3 Å². The van der Waals surface area contributed by atoms with Gasteiger partial charge in [-0.05, 0) is 43.9 Å². The Labute approximate surface area is 121 Å². The summed E-state index contributed by atoms with van der Waals surface area (Å²) < 4.78 is 11.4. The fourth-order valence-electron chi connectivity index (χ4n) is 2.85. The summed E-state index contributed by atoms with van der Waals surface area (Å²) in [5, 5.41) is 0. The number of carbonyl (C=O) groups excluding carboxylic acids is 1. The molecule has 1 saturated carbocycles. The molecule has 3 nitrogen and oxygen atoms in total. The van der Waals surface area contributed by atoms with Crippen LogP contribution in [0.3, 0.4) is 0 Å².